The second-order valence-electron chi connectivity index (χ2n) is 9.80. The second kappa shape index (κ2) is 6.57. The van der Waals surface area contributed by atoms with Gasteiger partial charge in [-0.05, 0) is 47.3 Å². The van der Waals surface area contributed by atoms with Crippen molar-refractivity contribution in [1.82, 2.24) is 5.32 Å². The minimum atomic E-state index is -0.110. The van der Waals surface area contributed by atoms with Crippen LogP contribution in [0.1, 0.15) is 58.6 Å². The Morgan fingerprint density at radius 2 is 1.78 bits per heavy atom. The number of carbonyl (C=O) groups excluding carboxylic acids is 1. The minimum Gasteiger partial charge on any atom is -0.496 e. The monoisotopic (exact) mass is 371 g/mol. The number of allylic oxidation sites excluding steroid dienone is 1. The van der Waals surface area contributed by atoms with Crippen molar-refractivity contribution in [3.63, 3.8) is 0 Å². The lowest BCUT2D eigenvalue weighted by Crippen LogP contribution is -2.30. The largest absolute Gasteiger partial charge is 0.496 e. The number of hydrogen-bond donors (Lipinski definition) is 1. The van der Waals surface area contributed by atoms with Crippen LogP contribution in [0, 0.1) is 11.3 Å². The summed E-state index contributed by atoms with van der Waals surface area (Å²) in [7, 11) is 3.49. The summed E-state index contributed by atoms with van der Waals surface area (Å²) in [6.45, 7) is 11.9. The normalized spacial score (nSPS) is 25.9. The van der Waals surface area contributed by atoms with Gasteiger partial charge in [0.25, 0.3) is 0 Å². The predicted molar refractivity (Wildman–Crippen MR) is 109 cm³/mol. The minimum absolute atomic E-state index is 0.0127. The van der Waals surface area contributed by atoms with Crippen LogP contribution >= 0.6 is 0 Å². The molecule has 1 aromatic carbocycles. The molecule has 1 amide bonds. The molecule has 27 heavy (non-hydrogen) atoms. The van der Waals surface area contributed by atoms with Crippen LogP contribution in [0.5, 0.6) is 11.5 Å². The highest BCUT2D eigenvalue weighted by atomic mass is 16.5. The first-order chi connectivity index (χ1) is 12.6. The Bertz CT molecular complexity index is 747. The SMILES string of the molecule is COc1cc(C(C)(C)C)cc(OC)c1C12C=C(CNC=O)[C@@H](C1)C(C)(C)C2. The molecule has 0 saturated heterocycles. The Morgan fingerprint density at radius 3 is 2.26 bits per heavy atom. The van der Waals surface area contributed by atoms with Crippen molar-refractivity contribution >= 4 is 6.41 Å². The number of hydrogen-bond acceptors (Lipinski definition) is 3. The van der Waals surface area contributed by atoms with Gasteiger partial charge in [0.05, 0.1) is 14.2 Å². The summed E-state index contributed by atoms with van der Waals surface area (Å²) in [6.07, 6.45) is 5.25. The number of carbonyl (C=O) groups is 1. The first kappa shape index (κ1) is 19.8. The van der Waals surface area contributed by atoms with E-state index in [9.17, 15) is 4.79 Å². The van der Waals surface area contributed by atoms with Gasteiger partial charge < -0.3 is 14.8 Å². The van der Waals surface area contributed by atoms with Crippen LogP contribution in [-0.2, 0) is 15.6 Å². The highest BCUT2D eigenvalue weighted by molar-refractivity contribution is 5.59. The number of nitrogens with one attached hydrogen (secondary N) is 1. The third kappa shape index (κ3) is 3.24. The molecule has 4 heteroatoms. The Labute approximate surface area is 163 Å². The molecular formula is C23H33NO3. The second-order valence-corrected chi connectivity index (χ2v) is 9.80. The Morgan fingerprint density at radius 1 is 1.19 bits per heavy atom. The summed E-state index contributed by atoms with van der Waals surface area (Å²) in [4.78, 5) is 10.8. The molecule has 4 nitrogen and oxygen atoms in total. The van der Waals surface area contributed by atoms with Crippen LogP contribution in [0.25, 0.3) is 0 Å². The van der Waals surface area contributed by atoms with E-state index in [-0.39, 0.29) is 16.2 Å². The summed E-state index contributed by atoms with van der Waals surface area (Å²) >= 11 is 0. The van der Waals surface area contributed by atoms with Gasteiger partial charge in [0.1, 0.15) is 11.5 Å². The maximum atomic E-state index is 10.8. The first-order valence-corrected chi connectivity index (χ1v) is 9.73. The third-order valence-corrected chi connectivity index (χ3v) is 6.45. The molecule has 0 spiro atoms. The fourth-order valence-corrected chi connectivity index (χ4v) is 5.28. The van der Waals surface area contributed by atoms with Crippen LogP contribution in [0.3, 0.4) is 0 Å². The molecule has 0 aromatic heterocycles. The molecule has 148 valence electrons. The van der Waals surface area contributed by atoms with Crippen LogP contribution < -0.4 is 14.8 Å². The molecule has 0 radical (unpaired) electrons. The molecule has 0 aliphatic heterocycles. The highest BCUT2D eigenvalue weighted by Gasteiger charge is 2.56. The molecule has 0 heterocycles. The van der Waals surface area contributed by atoms with Gasteiger partial charge in [-0.1, -0.05) is 46.3 Å². The maximum absolute atomic E-state index is 10.8. The number of fused-ring (bicyclic) bond motifs is 2. The molecule has 1 N–H and O–H groups in total. The van der Waals surface area contributed by atoms with E-state index in [1.807, 2.05) is 0 Å². The Hall–Kier alpha value is -1.97. The van der Waals surface area contributed by atoms with Gasteiger partial charge in [-0.15, -0.1) is 0 Å². The lowest BCUT2D eigenvalue weighted by molar-refractivity contribution is -0.109. The van der Waals surface area contributed by atoms with Crippen molar-refractivity contribution in [1.29, 1.82) is 0 Å². The number of ether oxygens (including phenoxy) is 2. The molecule has 2 aliphatic rings. The number of methoxy groups -OCH3 is 2. The average Bonchev–Trinajstić information content (AvgIpc) is 3.09. The number of benzene rings is 1. The molecule has 2 aliphatic carbocycles. The quantitative estimate of drug-likeness (QED) is 0.597. The molecular weight excluding hydrogens is 338 g/mol. The zero-order chi connectivity index (χ0) is 20.0. The predicted octanol–water partition coefficient (Wildman–Crippen LogP) is 4.36. The van der Waals surface area contributed by atoms with Crippen LogP contribution in [0.2, 0.25) is 0 Å². The van der Waals surface area contributed by atoms with E-state index < -0.39 is 0 Å². The van der Waals surface area contributed by atoms with E-state index in [0.717, 1.165) is 36.3 Å². The topological polar surface area (TPSA) is 47.6 Å². The standard InChI is InChI=1S/C23H33NO3/c1-21(2,3)16-8-18(26-6)20(19(9-16)27-7)23-10-15(12-24-14-25)17(11-23)22(4,5)13-23/h8-10,14,17H,11-13H2,1-7H3,(H,24,25)/t17-,23?/m1/s1. The number of amides is 1. The van der Waals surface area contributed by atoms with Crippen molar-refractivity contribution in [3.8, 4) is 11.5 Å². The lowest BCUT2D eigenvalue weighted by atomic mass is 9.70. The fraction of sp³-hybridized carbons (Fsp3) is 0.609. The van der Waals surface area contributed by atoms with Gasteiger partial charge in [-0.25, -0.2) is 0 Å². The summed E-state index contributed by atoms with van der Waals surface area (Å²) in [5.74, 6) is 2.26. The van der Waals surface area contributed by atoms with Gasteiger partial charge in [0.2, 0.25) is 6.41 Å². The summed E-state index contributed by atoms with van der Waals surface area (Å²) < 4.78 is 11.8. The molecule has 2 bridgehead atoms. The summed E-state index contributed by atoms with van der Waals surface area (Å²) in [6, 6.07) is 4.34. The fourth-order valence-electron chi connectivity index (χ4n) is 5.28. The summed E-state index contributed by atoms with van der Waals surface area (Å²) in [5, 5.41) is 2.86. The van der Waals surface area contributed by atoms with Crippen molar-refractivity contribution in [2.24, 2.45) is 11.3 Å². The molecule has 1 aromatic rings. The molecule has 3 rings (SSSR count). The molecule has 1 saturated carbocycles. The van der Waals surface area contributed by atoms with Crippen molar-refractivity contribution in [2.45, 2.75) is 58.3 Å². The van der Waals surface area contributed by atoms with Crippen molar-refractivity contribution in [3.05, 3.63) is 34.9 Å². The summed E-state index contributed by atoms with van der Waals surface area (Å²) in [5.41, 5.74) is 3.75. The Balaban J connectivity index is 2.17. The maximum Gasteiger partial charge on any atom is 0.207 e. The molecule has 1 fully saturated rings. The van der Waals surface area contributed by atoms with E-state index in [2.05, 4.69) is 58.1 Å². The third-order valence-electron chi connectivity index (χ3n) is 6.45. The lowest BCUT2D eigenvalue weighted by Gasteiger charge is -2.36. The van der Waals surface area contributed by atoms with Crippen molar-refractivity contribution < 1.29 is 14.3 Å². The molecule has 1 unspecified atom stereocenters. The number of rotatable bonds is 6. The van der Waals surface area contributed by atoms with Crippen molar-refractivity contribution in [2.75, 3.05) is 20.8 Å². The zero-order valence-corrected chi connectivity index (χ0v) is 17.7. The molecule has 2 atom stereocenters. The van der Waals surface area contributed by atoms with Gasteiger partial charge in [0.15, 0.2) is 0 Å². The van der Waals surface area contributed by atoms with E-state index in [4.69, 9.17) is 9.47 Å². The smallest absolute Gasteiger partial charge is 0.207 e. The van der Waals surface area contributed by atoms with Gasteiger partial charge >= 0.3 is 0 Å². The van der Waals surface area contributed by atoms with Gasteiger partial charge in [-0.2, -0.15) is 0 Å². The van der Waals surface area contributed by atoms with Crippen LogP contribution in [0.4, 0.5) is 0 Å². The van der Waals surface area contributed by atoms with Gasteiger partial charge in [0, 0.05) is 17.5 Å². The zero-order valence-electron chi connectivity index (χ0n) is 17.7. The van der Waals surface area contributed by atoms with Gasteiger partial charge in [-0.3, -0.25) is 4.79 Å². The van der Waals surface area contributed by atoms with E-state index in [1.165, 1.54) is 11.1 Å². The first-order valence-electron chi connectivity index (χ1n) is 9.73. The van der Waals surface area contributed by atoms with Crippen LogP contribution in [-0.4, -0.2) is 27.2 Å². The van der Waals surface area contributed by atoms with E-state index in [1.54, 1.807) is 14.2 Å². The average molecular weight is 372 g/mol. The van der Waals surface area contributed by atoms with E-state index in [0.29, 0.717) is 12.5 Å². The van der Waals surface area contributed by atoms with E-state index >= 15 is 0 Å². The Kier molecular flexibility index (Phi) is 4.82. The highest BCUT2D eigenvalue weighted by Crippen LogP contribution is 2.64. The van der Waals surface area contributed by atoms with Crippen LogP contribution in [0.15, 0.2) is 23.8 Å².